The van der Waals surface area contributed by atoms with Crippen molar-refractivity contribution in [2.75, 3.05) is 11.6 Å². The van der Waals surface area contributed by atoms with Gasteiger partial charge in [0.2, 0.25) is 11.1 Å². The van der Waals surface area contributed by atoms with E-state index in [0.29, 0.717) is 11.0 Å². The first-order valence-corrected chi connectivity index (χ1v) is 12.7. The number of hydrogen-bond acceptors (Lipinski definition) is 7. The fraction of sp³-hybridized carbons (Fsp3) is 0.240. The Morgan fingerprint density at radius 3 is 2.50 bits per heavy atom. The summed E-state index contributed by atoms with van der Waals surface area (Å²) in [4.78, 5) is 13.9. The van der Waals surface area contributed by atoms with E-state index in [2.05, 4.69) is 33.7 Å². The smallest absolute Gasteiger partial charge is 0.231 e. The van der Waals surface area contributed by atoms with Gasteiger partial charge in [-0.05, 0) is 61.0 Å². The molecule has 2 heterocycles. The van der Waals surface area contributed by atoms with E-state index in [1.54, 1.807) is 11.3 Å². The van der Waals surface area contributed by atoms with Crippen molar-refractivity contribution in [2.24, 2.45) is 0 Å². The number of carbonyl (C=O) groups excluding carboxylic acids is 1. The second-order valence-corrected chi connectivity index (χ2v) is 10.0. The van der Waals surface area contributed by atoms with Crippen LogP contribution < -0.4 is 15.9 Å². The number of thioether (sulfide) groups is 1. The number of nitrogen functional groups attached to an aromatic ring is 1. The number of nitrogens with one attached hydrogen (secondary N) is 1. The van der Waals surface area contributed by atoms with Crippen molar-refractivity contribution in [3.8, 4) is 5.75 Å². The van der Waals surface area contributed by atoms with E-state index in [-0.39, 0.29) is 24.3 Å². The van der Waals surface area contributed by atoms with Gasteiger partial charge in [-0.15, -0.1) is 21.5 Å². The number of benzene rings is 2. The average Bonchev–Trinajstić information content (AvgIpc) is 3.45. The molecule has 0 saturated carbocycles. The molecule has 4 rings (SSSR count). The minimum absolute atomic E-state index is 0.111. The Labute approximate surface area is 207 Å². The first-order valence-electron chi connectivity index (χ1n) is 10.8. The zero-order chi connectivity index (χ0) is 24.1. The maximum Gasteiger partial charge on any atom is 0.231 e. The number of hydrogen-bond donors (Lipinski definition) is 2. The molecule has 2 aromatic carbocycles. The van der Waals surface area contributed by atoms with Crippen LogP contribution in [0.4, 0.5) is 0 Å². The zero-order valence-electron chi connectivity index (χ0n) is 19.3. The highest BCUT2D eigenvalue weighted by molar-refractivity contribution is 7.99. The Morgan fingerprint density at radius 2 is 1.82 bits per heavy atom. The van der Waals surface area contributed by atoms with Gasteiger partial charge in [0.25, 0.3) is 0 Å². The van der Waals surface area contributed by atoms with E-state index in [9.17, 15) is 4.79 Å². The molecule has 0 fully saturated rings. The first kappa shape index (κ1) is 23.8. The lowest BCUT2D eigenvalue weighted by Crippen LogP contribution is -2.30. The van der Waals surface area contributed by atoms with E-state index >= 15 is 0 Å². The van der Waals surface area contributed by atoms with Crippen molar-refractivity contribution in [3.05, 3.63) is 92.9 Å². The predicted molar refractivity (Wildman–Crippen MR) is 137 cm³/mol. The van der Waals surface area contributed by atoms with Crippen molar-refractivity contribution in [3.63, 3.8) is 0 Å². The summed E-state index contributed by atoms with van der Waals surface area (Å²) in [6.45, 7) is 6.27. The minimum atomic E-state index is -0.203. The molecule has 2 aromatic heterocycles. The second kappa shape index (κ2) is 10.8. The van der Waals surface area contributed by atoms with E-state index in [0.717, 1.165) is 27.3 Å². The number of thiophene rings is 1. The zero-order valence-corrected chi connectivity index (χ0v) is 21.0. The fourth-order valence-electron chi connectivity index (χ4n) is 3.53. The van der Waals surface area contributed by atoms with Crippen molar-refractivity contribution in [2.45, 2.75) is 38.6 Å². The quantitative estimate of drug-likeness (QED) is 0.262. The van der Waals surface area contributed by atoms with E-state index in [1.807, 2.05) is 62.5 Å². The predicted octanol–water partition coefficient (Wildman–Crippen LogP) is 4.56. The third-order valence-electron chi connectivity index (χ3n) is 5.17. The molecule has 7 nitrogen and oxygen atoms in total. The molecule has 9 heteroatoms. The first-order chi connectivity index (χ1) is 16.4. The molecule has 176 valence electrons. The standard InChI is InChI=1S/C25H27N5O2S2/c1-16-6-8-19(9-7-16)24(21-5-4-10-33-21)27-23(31)15-34-25-29-28-22(30(25)26)14-32-20-12-17(2)11-18(3)13-20/h4-13,24H,14-15,26H2,1-3H3,(H,27,31). The molecule has 1 unspecified atom stereocenters. The third-order valence-corrected chi connectivity index (χ3v) is 7.05. The Kier molecular flexibility index (Phi) is 7.54. The van der Waals surface area contributed by atoms with Crippen molar-refractivity contribution >= 4 is 29.0 Å². The summed E-state index contributed by atoms with van der Waals surface area (Å²) < 4.78 is 7.21. The van der Waals surface area contributed by atoms with Gasteiger partial charge in [0.1, 0.15) is 12.4 Å². The molecule has 4 aromatic rings. The number of amides is 1. The van der Waals surface area contributed by atoms with Gasteiger partial charge in [0.15, 0.2) is 5.82 Å². The van der Waals surface area contributed by atoms with Crippen LogP contribution in [0.1, 0.15) is 39.0 Å². The molecular weight excluding hydrogens is 466 g/mol. The monoisotopic (exact) mass is 493 g/mol. The van der Waals surface area contributed by atoms with Crippen LogP contribution in [0.25, 0.3) is 0 Å². The van der Waals surface area contributed by atoms with E-state index in [4.69, 9.17) is 10.6 Å². The molecule has 0 aliphatic carbocycles. The maximum absolute atomic E-state index is 12.8. The van der Waals surface area contributed by atoms with Gasteiger partial charge in [-0.25, -0.2) is 4.68 Å². The van der Waals surface area contributed by atoms with Gasteiger partial charge < -0.3 is 15.9 Å². The van der Waals surface area contributed by atoms with Gasteiger partial charge in [0.05, 0.1) is 11.8 Å². The molecule has 1 atom stereocenters. The number of ether oxygens (including phenoxy) is 1. The van der Waals surface area contributed by atoms with Crippen molar-refractivity contribution < 1.29 is 9.53 Å². The molecule has 0 saturated heterocycles. The lowest BCUT2D eigenvalue weighted by atomic mass is 10.0. The number of nitrogens with two attached hydrogens (primary N) is 1. The summed E-state index contributed by atoms with van der Waals surface area (Å²) in [7, 11) is 0. The van der Waals surface area contributed by atoms with Gasteiger partial charge in [-0.3, -0.25) is 4.79 Å². The molecule has 0 spiro atoms. The highest BCUT2D eigenvalue weighted by Crippen LogP contribution is 2.27. The molecule has 0 aliphatic rings. The van der Waals surface area contributed by atoms with Crippen LogP contribution in [0, 0.1) is 20.8 Å². The third kappa shape index (κ3) is 5.98. The second-order valence-electron chi connectivity index (χ2n) is 8.10. The number of aryl methyl sites for hydroxylation is 3. The van der Waals surface area contributed by atoms with Crippen LogP contribution in [-0.2, 0) is 11.4 Å². The molecular formula is C25H27N5O2S2. The SMILES string of the molecule is Cc1ccc(C(NC(=O)CSc2nnc(COc3cc(C)cc(C)c3)n2N)c2cccs2)cc1. The average molecular weight is 494 g/mol. The lowest BCUT2D eigenvalue weighted by Gasteiger charge is -2.18. The summed E-state index contributed by atoms with van der Waals surface area (Å²) >= 11 is 2.86. The summed E-state index contributed by atoms with van der Waals surface area (Å²) in [6.07, 6.45) is 0. The van der Waals surface area contributed by atoms with Crippen molar-refractivity contribution in [1.29, 1.82) is 0 Å². The topological polar surface area (TPSA) is 95.1 Å². The Morgan fingerprint density at radius 1 is 1.09 bits per heavy atom. The van der Waals surface area contributed by atoms with Crippen LogP contribution in [0.15, 0.2) is 65.1 Å². The number of carbonyl (C=O) groups is 1. The van der Waals surface area contributed by atoms with Crippen LogP contribution in [-0.4, -0.2) is 26.5 Å². The van der Waals surface area contributed by atoms with Gasteiger partial charge in [0, 0.05) is 4.88 Å². The highest BCUT2D eigenvalue weighted by Gasteiger charge is 2.19. The van der Waals surface area contributed by atoms with E-state index < -0.39 is 0 Å². The molecule has 0 aliphatic heterocycles. The van der Waals surface area contributed by atoms with Gasteiger partial charge in [-0.1, -0.05) is 53.7 Å². The van der Waals surface area contributed by atoms with E-state index in [1.165, 1.54) is 22.0 Å². The fourth-order valence-corrected chi connectivity index (χ4v) is 5.02. The Balaban J connectivity index is 1.36. The minimum Gasteiger partial charge on any atom is -0.486 e. The molecule has 34 heavy (non-hydrogen) atoms. The molecule has 3 N–H and O–H groups in total. The van der Waals surface area contributed by atoms with Crippen LogP contribution in [0.3, 0.4) is 0 Å². The number of rotatable bonds is 9. The van der Waals surface area contributed by atoms with Gasteiger partial charge >= 0.3 is 0 Å². The summed E-state index contributed by atoms with van der Waals surface area (Å²) in [5, 5.41) is 13.9. The van der Waals surface area contributed by atoms with Gasteiger partial charge in [-0.2, -0.15) is 0 Å². The number of aromatic nitrogens is 3. The Hall–Kier alpha value is -3.30. The van der Waals surface area contributed by atoms with Crippen LogP contribution >= 0.6 is 23.1 Å². The summed E-state index contributed by atoms with van der Waals surface area (Å²) in [5.41, 5.74) is 4.46. The van der Waals surface area contributed by atoms with Crippen LogP contribution in [0.5, 0.6) is 5.75 Å². The molecule has 1 amide bonds. The maximum atomic E-state index is 12.8. The normalized spacial score (nSPS) is 11.9. The largest absolute Gasteiger partial charge is 0.486 e. The van der Waals surface area contributed by atoms with Crippen LogP contribution in [0.2, 0.25) is 0 Å². The Bertz CT molecular complexity index is 1230. The summed E-state index contributed by atoms with van der Waals surface area (Å²) in [5.74, 6) is 7.45. The molecule has 0 radical (unpaired) electrons. The molecule has 0 bridgehead atoms. The number of nitrogens with zero attached hydrogens (tertiary/aromatic N) is 3. The summed E-state index contributed by atoms with van der Waals surface area (Å²) in [6, 6.07) is 18.0. The lowest BCUT2D eigenvalue weighted by molar-refractivity contribution is -0.119. The van der Waals surface area contributed by atoms with Crippen molar-refractivity contribution in [1.82, 2.24) is 20.2 Å². The highest BCUT2D eigenvalue weighted by atomic mass is 32.2.